The number of halogens is 4. The fraction of sp³-hybridized carbons (Fsp3) is 0.273. The minimum absolute atomic E-state index is 0.0163. The molecule has 1 aromatic carbocycles. The van der Waals surface area contributed by atoms with Crippen molar-refractivity contribution in [1.82, 2.24) is 0 Å². The molecule has 0 N–H and O–H groups in total. The van der Waals surface area contributed by atoms with Crippen LogP contribution < -0.4 is 0 Å². The topological polar surface area (TPSA) is 50.1 Å². The Balaban J connectivity index is 3.49. The van der Waals surface area contributed by atoms with Gasteiger partial charge in [-0.1, -0.05) is 11.6 Å². The predicted octanol–water partition coefficient (Wildman–Crippen LogP) is 3.41. The summed E-state index contributed by atoms with van der Waals surface area (Å²) >= 11 is 5.51. The van der Waals surface area contributed by atoms with Crippen molar-refractivity contribution in [2.45, 2.75) is 13.1 Å². The third-order valence-electron chi connectivity index (χ3n) is 2.02. The zero-order valence-corrected chi connectivity index (χ0v) is 9.89. The monoisotopic (exact) mass is 277 g/mol. The zero-order chi connectivity index (χ0) is 13.9. The van der Waals surface area contributed by atoms with Gasteiger partial charge in [-0.05, 0) is 19.1 Å². The summed E-state index contributed by atoms with van der Waals surface area (Å²) in [5.74, 6) is -1.01. The number of nitriles is 1. The Morgan fingerprint density at radius 2 is 2.11 bits per heavy atom. The van der Waals surface area contributed by atoms with E-state index in [0.717, 1.165) is 6.07 Å². The van der Waals surface area contributed by atoms with E-state index in [1.807, 2.05) is 0 Å². The molecule has 0 heterocycles. The molecule has 3 nitrogen and oxygen atoms in total. The quantitative estimate of drug-likeness (QED) is 0.778. The minimum atomic E-state index is -4.77. The Bertz CT molecular complexity index is 520. The van der Waals surface area contributed by atoms with Gasteiger partial charge in [-0.3, -0.25) is 0 Å². The molecule has 0 aliphatic carbocycles. The highest BCUT2D eigenvalue weighted by Crippen LogP contribution is 2.35. The van der Waals surface area contributed by atoms with Crippen molar-refractivity contribution in [2.24, 2.45) is 0 Å². The maximum Gasteiger partial charge on any atom is 0.417 e. The van der Waals surface area contributed by atoms with Crippen molar-refractivity contribution >= 4 is 17.6 Å². The van der Waals surface area contributed by atoms with E-state index in [0.29, 0.717) is 6.07 Å². The van der Waals surface area contributed by atoms with Gasteiger partial charge in [0.2, 0.25) is 0 Å². The molecule has 0 spiro atoms. The fourth-order valence-electron chi connectivity index (χ4n) is 1.32. The first-order chi connectivity index (χ1) is 8.31. The van der Waals surface area contributed by atoms with Crippen LogP contribution in [-0.2, 0) is 10.9 Å². The predicted molar refractivity (Wildman–Crippen MR) is 57.1 cm³/mol. The van der Waals surface area contributed by atoms with Crippen LogP contribution in [-0.4, -0.2) is 12.6 Å². The third kappa shape index (κ3) is 2.93. The Kier molecular flexibility index (Phi) is 4.19. The van der Waals surface area contributed by atoms with Gasteiger partial charge in [0.15, 0.2) is 0 Å². The number of nitrogens with zero attached hydrogens (tertiary/aromatic N) is 1. The molecule has 0 amide bonds. The van der Waals surface area contributed by atoms with Gasteiger partial charge in [-0.15, -0.1) is 0 Å². The van der Waals surface area contributed by atoms with E-state index in [-0.39, 0.29) is 11.6 Å². The summed E-state index contributed by atoms with van der Waals surface area (Å²) in [4.78, 5) is 11.5. The molecule has 1 rings (SSSR count). The van der Waals surface area contributed by atoms with Crippen LogP contribution in [0.5, 0.6) is 0 Å². The van der Waals surface area contributed by atoms with Crippen LogP contribution in [0.2, 0.25) is 5.02 Å². The number of carbonyl (C=O) groups excluding carboxylic acids is 1. The number of esters is 1. The molecule has 7 heteroatoms. The summed E-state index contributed by atoms with van der Waals surface area (Å²) < 4.78 is 42.6. The molecule has 18 heavy (non-hydrogen) atoms. The van der Waals surface area contributed by atoms with Crippen LogP contribution in [0, 0.1) is 11.3 Å². The molecule has 0 atom stereocenters. The molecule has 0 aliphatic heterocycles. The van der Waals surface area contributed by atoms with Crippen molar-refractivity contribution in [2.75, 3.05) is 6.61 Å². The van der Waals surface area contributed by atoms with E-state index in [4.69, 9.17) is 16.9 Å². The first-order valence-electron chi connectivity index (χ1n) is 4.79. The number of alkyl halides is 3. The summed E-state index contributed by atoms with van der Waals surface area (Å²) in [7, 11) is 0. The Hall–Kier alpha value is -1.74. The molecule has 0 unspecified atom stereocenters. The van der Waals surface area contributed by atoms with Crippen LogP contribution in [0.1, 0.15) is 28.4 Å². The zero-order valence-electron chi connectivity index (χ0n) is 9.14. The van der Waals surface area contributed by atoms with Gasteiger partial charge in [0.25, 0.3) is 0 Å². The van der Waals surface area contributed by atoms with Gasteiger partial charge < -0.3 is 4.74 Å². The first kappa shape index (κ1) is 14.3. The van der Waals surface area contributed by atoms with Gasteiger partial charge in [0.05, 0.1) is 23.3 Å². The highest BCUT2D eigenvalue weighted by molar-refractivity contribution is 6.31. The normalized spacial score (nSPS) is 10.9. The number of ether oxygens (including phenoxy) is 1. The van der Waals surface area contributed by atoms with E-state index in [1.165, 1.54) is 13.0 Å². The maximum atomic E-state index is 12.7. The largest absolute Gasteiger partial charge is 0.462 e. The third-order valence-corrected chi connectivity index (χ3v) is 2.23. The summed E-state index contributed by atoms with van der Waals surface area (Å²) in [6.45, 7) is 1.48. The van der Waals surface area contributed by atoms with Gasteiger partial charge in [0.1, 0.15) is 6.07 Å². The number of hydrogen-bond donors (Lipinski definition) is 0. The molecule has 1 aromatic rings. The van der Waals surface area contributed by atoms with Crippen LogP contribution >= 0.6 is 11.6 Å². The summed E-state index contributed by atoms with van der Waals surface area (Å²) in [5, 5.41) is 8.48. The molecule has 0 saturated heterocycles. The first-order valence-corrected chi connectivity index (χ1v) is 5.17. The molecular weight excluding hydrogens is 271 g/mol. The van der Waals surface area contributed by atoms with Crippen molar-refractivity contribution in [1.29, 1.82) is 5.26 Å². The summed E-state index contributed by atoms with van der Waals surface area (Å²) in [6, 6.07) is 2.94. The van der Waals surface area contributed by atoms with Crippen LogP contribution in [0.25, 0.3) is 0 Å². The molecule has 0 aromatic heterocycles. The average molecular weight is 278 g/mol. The second-order valence-corrected chi connectivity index (χ2v) is 3.64. The second-order valence-electron chi connectivity index (χ2n) is 3.21. The number of carbonyl (C=O) groups is 1. The van der Waals surface area contributed by atoms with Crippen LogP contribution in [0.15, 0.2) is 12.1 Å². The van der Waals surface area contributed by atoms with Gasteiger partial charge in [-0.25, -0.2) is 4.79 Å². The molecule has 96 valence electrons. The minimum Gasteiger partial charge on any atom is -0.462 e. The van der Waals surface area contributed by atoms with Crippen LogP contribution in [0.3, 0.4) is 0 Å². The lowest BCUT2D eigenvalue weighted by atomic mass is 10.0. The fourth-order valence-corrected chi connectivity index (χ4v) is 1.54. The molecule has 0 bridgehead atoms. The van der Waals surface area contributed by atoms with Crippen molar-refractivity contribution in [3.63, 3.8) is 0 Å². The van der Waals surface area contributed by atoms with Gasteiger partial charge in [0, 0.05) is 5.02 Å². The highest BCUT2D eigenvalue weighted by Gasteiger charge is 2.36. The number of rotatable bonds is 2. The SMILES string of the molecule is CCOC(=O)c1cc(Cl)cc(C(F)(F)F)c1C#N. The smallest absolute Gasteiger partial charge is 0.417 e. The van der Waals surface area contributed by atoms with E-state index >= 15 is 0 Å². The highest BCUT2D eigenvalue weighted by atomic mass is 35.5. The second kappa shape index (κ2) is 5.27. The Morgan fingerprint density at radius 1 is 1.50 bits per heavy atom. The Labute approximate surface area is 106 Å². The van der Waals surface area contributed by atoms with E-state index in [9.17, 15) is 18.0 Å². The molecular formula is C11H7ClF3NO2. The van der Waals surface area contributed by atoms with E-state index in [2.05, 4.69) is 4.74 Å². The van der Waals surface area contributed by atoms with Gasteiger partial charge in [-0.2, -0.15) is 18.4 Å². The van der Waals surface area contributed by atoms with Crippen molar-refractivity contribution < 1.29 is 22.7 Å². The van der Waals surface area contributed by atoms with Crippen molar-refractivity contribution in [3.8, 4) is 6.07 Å². The lowest BCUT2D eigenvalue weighted by Gasteiger charge is -2.12. The average Bonchev–Trinajstić information content (AvgIpc) is 2.27. The summed E-state index contributed by atoms with van der Waals surface area (Å²) in [5.41, 5.74) is -2.52. The molecule has 0 radical (unpaired) electrons. The molecule has 0 aliphatic rings. The van der Waals surface area contributed by atoms with E-state index < -0.39 is 28.8 Å². The lowest BCUT2D eigenvalue weighted by Crippen LogP contribution is -2.14. The maximum absolute atomic E-state index is 12.7. The van der Waals surface area contributed by atoms with Crippen molar-refractivity contribution in [3.05, 3.63) is 33.8 Å². The van der Waals surface area contributed by atoms with Gasteiger partial charge >= 0.3 is 12.1 Å². The summed E-state index contributed by atoms with van der Waals surface area (Å²) in [6.07, 6.45) is -4.77. The van der Waals surface area contributed by atoms with Crippen LogP contribution in [0.4, 0.5) is 13.2 Å². The molecule has 0 saturated carbocycles. The lowest BCUT2D eigenvalue weighted by molar-refractivity contribution is -0.137. The Morgan fingerprint density at radius 3 is 2.56 bits per heavy atom. The van der Waals surface area contributed by atoms with E-state index in [1.54, 1.807) is 0 Å². The molecule has 0 fully saturated rings. The number of benzene rings is 1. The standard InChI is InChI=1S/C11H7ClF3NO2/c1-2-18-10(17)7-3-6(12)4-9(8(7)5-16)11(13,14)15/h3-4H,2H2,1H3. The number of hydrogen-bond acceptors (Lipinski definition) is 3.